The third-order valence-electron chi connectivity index (χ3n) is 9.00. The van der Waals surface area contributed by atoms with Crippen LogP contribution in [0.4, 0.5) is 0 Å². The van der Waals surface area contributed by atoms with Gasteiger partial charge in [-0.2, -0.15) is 0 Å². The molecule has 0 unspecified atom stereocenters. The van der Waals surface area contributed by atoms with Gasteiger partial charge in [-0.05, 0) is 43.1 Å². The van der Waals surface area contributed by atoms with Crippen LogP contribution in [0.5, 0.6) is 0 Å². The average molecular weight is 400 g/mol. The summed E-state index contributed by atoms with van der Waals surface area (Å²) in [6.07, 6.45) is 4.31. The van der Waals surface area contributed by atoms with E-state index in [0.29, 0.717) is 12.5 Å². The quantitative estimate of drug-likeness (QED) is 0.412. The third-order valence-corrected chi connectivity index (χ3v) is 9.00. The van der Waals surface area contributed by atoms with Crippen molar-refractivity contribution in [1.82, 2.24) is 0 Å². The molecule has 0 aromatic rings. The highest BCUT2D eigenvalue weighted by molar-refractivity contribution is 5.92. The maximum Gasteiger partial charge on any atom is 0.334 e. The molecule has 0 aromatic carbocycles. The molecule has 3 aliphatic carbocycles. The van der Waals surface area contributed by atoms with Crippen molar-refractivity contribution in [3.05, 3.63) is 23.8 Å². The van der Waals surface area contributed by atoms with Gasteiger partial charge in [0.15, 0.2) is 5.60 Å². The van der Waals surface area contributed by atoms with E-state index in [1.165, 1.54) is 6.08 Å². The Hall–Kier alpha value is -1.66. The minimum Gasteiger partial charge on any atom is -0.458 e. The zero-order chi connectivity index (χ0) is 20.3. The zero-order valence-electron chi connectivity index (χ0n) is 17.2. The molecule has 0 aromatic heterocycles. The fourth-order valence-electron chi connectivity index (χ4n) is 7.60. The van der Waals surface area contributed by atoms with Gasteiger partial charge < -0.3 is 18.9 Å². The molecule has 0 N–H and O–H groups in total. The van der Waals surface area contributed by atoms with Crippen molar-refractivity contribution in [2.75, 3.05) is 6.61 Å². The molecule has 0 bridgehead atoms. The van der Waals surface area contributed by atoms with Crippen LogP contribution in [0.1, 0.15) is 46.5 Å². The molecule has 156 valence electrons. The molecule has 29 heavy (non-hydrogen) atoms. The number of ether oxygens (including phenoxy) is 4. The first-order chi connectivity index (χ1) is 13.8. The highest BCUT2D eigenvalue weighted by atomic mass is 16.7. The number of fused-ring (bicyclic) bond motifs is 2. The van der Waals surface area contributed by atoms with E-state index >= 15 is 0 Å². The lowest BCUT2D eigenvalue weighted by Crippen LogP contribution is -2.67. The molecule has 6 aliphatic rings. The van der Waals surface area contributed by atoms with E-state index in [1.807, 2.05) is 0 Å². The molecule has 2 spiro atoms. The number of esters is 2. The maximum atomic E-state index is 12.3. The zero-order valence-corrected chi connectivity index (χ0v) is 17.2. The lowest BCUT2D eigenvalue weighted by Gasteiger charge is -2.54. The molecule has 0 amide bonds. The van der Waals surface area contributed by atoms with Gasteiger partial charge in [-0.1, -0.05) is 27.4 Å². The number of carbonyl (C=O) groups excluding carboxylic acids is 2. The monoisotopic (exact) mass is 400 g/mol. The summed E-state index contributed by atoms with van der Waals surface area (Å²) in [7, 11) is 0. The van der Waals surface area contributed by atoms with Crippen molar-refractivity contribution in [3.63, 3.8) is 0 Å². The molecule has 6 rings (SSSR count). The molecule has 6 heteroatoms. The number of epoxide rings is 2. The van der Waals surface area contributed by atoms with Crippen LogP contribution in [0.3, 0.4) is 0 Å². The first-order valence-electron chi connectivity index (χ1n) is 10.9. The summed E-state index contributed by atoms with van der Waals surface area (Å²) in [5.74, 6) is 0.220. The van der Waals surface area contributed by atoms with Gasteiger partial charge in [-0.25, -0.2) is 9.59 Å². The standard InChI is InChI=1S/C23H28O6/c1-5-18(24)27-19-13(11(2)3)8-17-23(29-17)21(4)7-6-12-14(10-26-20(12)25)15(21)9-16-22(19,23)28-16/h5,11,13,15-17,19H,1,6-10H2,2-4H3/t13-,15-,16-,17-,19+,21-,22+,23+/m0/s1. The van der Waals surface area contributed by atoms with E-state index in [2.05, 4.69) is 27.4 Å². The maximum absolute atomic E-state index is 12.3. The van der Waals surface area contributed by atoms with Gasteiger partial charge in [0.2, 0.25) is 0 Å². The largest absolute Gasteiger partial charge is 0.458 e. The molecular weight excluding hydrogens is 372 g/mol. The van der Waals surface area contributed by atoms with Crippen molar-refractivity contribution in [3.8, 4) is 0 Å². The number of hydrogen-bond acceptors (Lipinski definition) is 6. The van der Waals surface area contributed by atoms with E-state index in [-0.39, 0.29) is 41.5 Å². The number of rotatable bonds is 3. The second-order valence-corrected chi connectivity index (χ2v) is 10.2. The normalized spacial score (nSPS) is 51.2. The molecular formula is C23H28O6. The molecule has 8 atom stereocenters. The number of cyclic esters (lactones) is 1. The summed E-state index contributed by atoms with van der Waals surface area (Å²) in [5, 5.41) is 0. The minimum atomic E-state index is -0.573. The number of hydrogen-bond donors (Lipinski definition) is 0. The highest BCUT2D eigenvalue weighted by Gasteiger charge is 2.93. The van der Waals surface area contributed by atoms with E-state index in [4.69, 9.17) is 18.9 Å². The van der Waals surface area contributed by atoms with Gasteiger partial charge in [0.25, 0.3) is 0 Å². The second kappa shape index (κ2) is 5.33. The van der Waals surface area contributed by atoms with Crippen molar-refractivity contribution in [2.45, 2.75) is 76.0 Å². The molecule has 3 heterocycles. The molecule has 2 saturated carbocycles. The van der Waals surface area contributed by atoms with Crippen LogP contribution in [-0.4, -0.2) is 48.1 Å². The number of carbonyl (C=O) groups is 2. The summed E-state index contributed by atoms with van der Waals surface area (Å²) in [6, 6.07) is 0. The summed E-state index contributed by atoms with van der Waals surface area (Å²) in [6.45, 7) is 10.6. The molecule has 2 saturated heterocycles. The first kappa shape index (κ1) is 18.1. The summed E-state index contributed by atoms with van der Waals surface area (Å²) < 4.78 is 24.5. The van der Waals surface area contributed by atoms with Crippen molar-refractivity contribution < 1.29 is 28.5 Å². The Bertz CT molecular complexity index is 875. The van der Waals surface area contributed by atoms with Gasteiger partial charge in [0, 0.05) is 23.0 Å². The van der Waals surface area contributed by atoms with Crippen LogP contribution in [0.15, 0.2) is 23.8 Å². The predicted octanol–water partition coefficient (Wildman–Crippen LogP) is 2.71. The summed E-state index contributed by atoms with van der Waals surface area (Å²) in [5.41, 5.74) is 0.853. The Morgan fingerprint density at radius 2 is 2.07 bits per heavy atom. The van der Waals surface area contributed by atoms with Crippen LogP contribution >= 0.6 is 0 Å². The lowest BCUT2D eigenvalue weighted by atomic mass is 9.46. The lowest BCUT2D eigenvalue weighted by molar-refractivity contribution is -0.163. The Labute approximate surface area is 170 Å². The molecule has 6 nitrogen and oxygen atoms in total. The predicted molar refractivity (Wildman–Crippen MR) is 102 cm³/mol. The van der Waals surface area contributed by atoms with Crippen LogP contribution in [0, 0.1) is 23.2 Å². The topological polar surface area (TPSA) is 77.7 Å². The van der Waals surface area contributed by atoms with Gasteiger partial charge in [-0.15, -0.1) is 0 Å². The van der Waals surface area contributed by atoms with Crippen LogP contribution in [-0.2, 0) is 28.5 Å². The van der Waals surface area contributed by atoms with Gasteiger partial charge in [0.1, 0.15) is 18.3 Å². The van der Waals surface area contributed by atoms with Gasteiger partial charge in [-0.3, -0.25) is 0 Å². The van der Waals surface area contributed by atoms with Crippen molar-refractivity contribution in [1.29, 1.82) is 0 Å². The van der Waals surface area contributed by atoms with Crippen molar-refractivity contribution in [2.24, 2.45) is 23.2 Å². The average Bonchev–Trinajstić information content (AvgIpc) is 3.56. The Balaban J connectivity index is 1.45. The highest BCUT2D eigenvalue weighted by Crippen LogP contribution is 2.79. The van der Waals surface area contributed by atoms with E-state index in [0.717, 1.165) is 36.8 Å². The fourth-order valence-corrected chi connectivity index (χ4v) is 7.60. The first-order valence-corrected chi connectivity index (χ1v) is 10.9. The van der Waals surface area contributed by atoms with Crippen molar-refractivity contribution >= 4 is 11.9 Å². The Morgan fingerprint density at radius 3 is 2.79 bits per heavy atom. The van der Waals surface area contributed by atoms with Crippen LogP contribution in [0.2, 0.25) is 0 Å². The van der Waals surface area contributed by atoms with Crippen LogP contribution in [0.25, 0.3) is 0 Å². The second-order valence-electron chi connectivity index (χ2n) is 10.2. The Morgan fingerprint density at radius 1 is 1.28 bits per heavy atom. The Kier molecular flexibility index (Phi) is 3.33. The smallest absolute Gasteiger partial charge is 0.334 e. The van der Waals surface area contributed by atoms with Crippen LogP contribution < -0.4 is 0 Å². The SMILES string of the molecule is C=CC(=O)O[C@@H]1[C@H](C(C)C)C[C@@H]2O[C@]23[C@]12O[C@H]2C[C@H]1C2=C(CC[C@@]13C)C(=O)OC2. The van der Waals surface area contributed by atoms with E-state index < -0.39 is 17.2 Å². The van der Waals surface area contributed by atoms with E-state index in [9.17, 15) is 9.59 Å². The van der Waals surface area contributed by atoms with E-state index in [1.54, 1.807) is 0 Å². The van der Waals surface area contributed by atoms with Gasteiger partial charge >= 0.3 is 11.9 Å². The molecule has 0 radical (unpaired) electrons. The minimum absolute atomic E-state index is 0.0164. The molecule has 4 fully saturated rings. The fraction of sp³-hybridized carbons (Fsp3) is 0.739. The third kappa shape index (κ3) is 1.87. The van der Waals surface area contributed by atoms with Gasteiger partial charge in [0.05, 0.1) is 12.2 Å². The molecule has 3 aliphatic heterocycles. The summed E-state index contributed by atoms with van der Waals surface area (Å²) >= 11 is 0. The summed E-state index contributed by atoms with van der Waals surface area (Å²) in [4.78, 5) is 24.4.